The second-order valence-corrected chi connectivity index (χ2v) is 2.06. The molecule has 2 N–H and O–H groups in total. The summed E-state index contributed by atoms with van der Waals surface area (Å²) >= 11 is 10.7. The van der Waals surface area contributed by atoms with E-state index in [2.05, 4.69) is 10.4 Å². The molecule has 50 valence electrons. The van der Waals surface area contributed by atoms with Gasteiger partial charge in [-0.2, -0.15) is 5.17 Å². The van der Waals surface area contributed by atoms with Crippen molar-refractivity contribution in [1.29, 1.82) is 0 Å². The first kappa shape index (κ1) is 10.6. The summed E-state index contributed by atoms with van der Waals surface area (Å²) in [5.41, 5.74) is 2.25. The Hall–Kier alpha value is 0.550. The topological polar surface area (TPSA) is 47.9 Å². The number of hydrogen-bond acceptors (Lipinski definition) is 4. The minimum absolute atomic E-state index is 0. The second-order valence-electron chi connectivity index (χ2n) is 1.31. The molecule has 0 aromatic rings. The average molecular weight is 191 g/mol. The molecule has 0 unspecified atom stereocenters. The van der Waals surface area contributed by atoms with Crippen LogP contribution in [0.5, 0.6) is 0 Å². The number of nitrogens with zero attached hydrogens (tertiary/aromatic N) is 2. The Morgan fingerprint density at radius 1 is 1.60 bits per heavy atom. The van der Waals surface area contributed by atoms with Crippen molar-refractivity contribution in [3.63, 3.8) is 0 Å². The summed E-state index contributed by atoms with van der Waals surface area (Å²) < 4.78 is 0. The fraction of sp³-hybridized carbons (Fsp3) is 0. The van der Waals surface area contributed by atoms with Gasteiger partial charge in [-0.05, 0) is 11.6 Å². The molecule has 0 atom stereocenters. The predicted molar refractivity (Wildman–Crippen MR) is 34.0 cm³/mol. The van der Waals surface area contributed by atoms with Gasteiger partial charge in [-0.1, -0.05) is 11.6 Å². The number of hydrogen-bond donors (Lipinski definition) is 2. The normalized spacial score (nSPS) is 16.5. The maximum absolute atomic E-state index is 8.65. The van der Waals surface area contributed by atoms with Gasteiger partial charge >= 0.3 is 29.6 Å². The second kappa shape index (κ2) is 4.43. The average Bonchev–Trinajstić information content (AvgIpc) is 1.59. The Bertz CT molecular complexity index is 183. The van der Waals surface area contributed by atoms with Crippen LogP contribution in [0.2, 0.25) is 0 Å². The third-order valence-electron chi connectivity index (χ3n) is 0.641. The van der Waals surface area contributed by atoms with Crippen LogP contribution in [0, 0.1) is 0 Å². The molecule has 0 spiro atoms. The van der Waals surface area contributed by atoms with E-state index in [1.807, 2.05) is 0 Å². The smallest absolute Gasteiger partial charge is 0.269 e. The number of nitrogens with one attached hydrogen (secondary N) is 1. The van der Waals surface area contributed by atoms with E-state index in [1.165, 1.54) is 6.20 Å². The van der Waals surface area contributed by atoms with Gasteiger partial charge in [0.1, 0.15) is 0 Å². The van der Waals surface area contributed by atoms with E-state index in [1.54, 1.807) is 0 Å². The zero-order chi connectivity index (χ0) is 6.85. The van der Waals surface area contributed by atoms with Crippen LogP contribution in [-0.2, 0) is 0 Å². The van der Waals surface area contributed by atoms with E-state index >= 15 is 0 Å². The van der Waals surface area contributed by atoms with Gasteiger partial charge in [0.25, 0.3) is 0 Å². The van der Waals surface area contributed by atoms with Crippen molar-refractivity contribution in [3.8, 4) is 0 Å². The third-order valence-corrected chi connectivity index (χ3v) is 0.992. The molecule has 0 fully saturated rings. The predicted octanol–water partition coefficient (Wildman–Crippen LogP) is -2.17. The summed E-state index contributed by atoms with van der Waals surface area (Å²) in [6.07, 6.45) is 1.17. The van der Waals surface area contributed by atoms with Crippen LogP contribution in [0.1, 0.15) is 0 Å². The zero-order valence-electron chi connectivity index (χ0n) is 5.17. The maximum Gasteiger partial charge on any atom is 1.00 e. The molecule has 1 aliphatic heterocycles. The summed E-state index contributed by atoms with van der Waals surface area (Å²) in [6.45, 7) is 0. The fourth-order valence-corrected chi connectivity index (χ4v) is 0.773. The van der Waals surface area contributed by atoms with Crippen molar-refractivity contribution in [3.05, 3.63) is 11.4 Å². The van der Waals surface area contributed by atoms with Crippen molar-refractivity contribution in [2.75, 3.05) is 0 Å². The van der Waals surface area contributed by atoms with Gasteiger partial charge in [-0.25, -0.2) is 10.4 Å². The van der Waals surface area contributed by atoms with Crippen molar-refractivity contribution >= 4 is 28.5 Å². The molecule has 1 heterocycles. The Morgan fingerprint density at radius 3 is 2.60 bits per heavy atom. The molecule has 1 aliphatic rings. The first-order chi connectivity index (χ1) is 4.18. The largest absolute Gasteiger partial charge is 1.00 e. The summed E-state index contributed by atoms with van der Waals surface area (Å²) in [5, 5.41) is 9.43. The number of amidine groups is 1. The van der Waals surface area contributed by atoms with Gasteiger partial charge in [0, 0.05) is 0 Å². The summed E-state index contributed by atoms with van der Waals surface area (Å²) in [7, 11) is 0. The monoisotopic (exact) mass is 190 g/mol. The molecule has 0 bridgehead atoms. The minimum atomic E-state index is 0. The van der Waals surface area contributed by atoms with Gasteiger partial charge in [-0.15, -0.1) is 0 Å². The molecule has 1 rings (SSSR count). The van der Waals surface area contributed by atoms with Crippen molar-refractivity contribution in [2.24, 2.45) is 4.99 Å². The van der Waals surface area contributed by atoms with Gasteiger partial charge < -0.3 is 0 Å². The number of aliphatic imine (C=N–C) groups is 1. The molecular weight excluding hydrogens is 188 g/mol. The van der Waals surface area contributed by atoms with E-state index in [-0.39, 0.29) is 40.0 Å². The van der Waals surface area contributed by atoms with E-state index < -0.39 is 0 Å². The van der Waals surface area contributed by atoms with Gasteiger partial charge in [0.15, 0.2) is 5.16 Å². The first-order valence-electron chi connectivity index (χ1n) is 2.05. The molecule has 0 saturated carbocycles. The van der Waals surface area contributed by atoms with Gasteiger partial charge in [0.05, 0.1) is 6.20 Å². The number of halogens is 2. The molecule has 7 heteroatoms. The number of hydrazine groups is 1. The quantitative estimate of drug-likeness (QED) is 0.338. The molecule has 10 heavy (non-hydrogen) atoms. The SMILES string of the molecule is ON1C=C(Cl)N=C(Cl)N1.[Na+]. The zero-order valence-corrected chi connectivity index (χ0v) is 8.69. The van der Waals surface area contributed by atoms with Crippen LogP contribution < -0.4 is 35.0 Å². The summed E-state index contributed by atoms with van der Waals surface area (Å²) in [5.74, 6) is 0. The Kier molecular flexibility index (Phi) is 4.68. The molecule has 0 saturated heterocycles. The van der Waals surface area contributed by atoms with Crippen LogP contribution in [0.3, 0.4) is 0 Å². The molecular formula is C3H3Cl2N3NaO+. The van der Waals surface area contributed by atoms with Crippen molar-refractivity contribution in [1.82, 2.24) is 10.6 Å². The number of hydroxylamine groups is 1. The van der Waals surface area contributed by atoms with E-state index in [4.69, 9.17) is 28.4 Å². The van der Waals surface area contributed by atoms with Crippen LogP contribution in [0.25, 0.3) is 0 Å². The van der Waals surface area contributed by atoms with E-state index in [0.29, 0.717) is 5.17 Å². The Morgan fingerprint density at radius 2 is 2.20 bits per heavy atom. The van der Waals surface area contributed by atoms with E-state index in [0.717, 1.165) is 0 Å². The van der Waals surface area contributed by atoms with Crippen molar-refractivity contribution < 1.29 is 34.8 Å². The fourth-order valence-electron chi connectivity index (χ4n) is 0.375. The van der Waals surface area contributed by atoms with Crippen LogP contribution >= 0.6 is 23.2 Å². The standard InChI is InChI=1S/C3H3Cl2N3O.Na/c4-2-1-8(9)7-3(5)6-2;/h1,9H,(H,6,7);/q;+1. The molecule has 4 nitrogen and oxygen atoms in total. The summed E-state index contributed by atoms with van der Waals surface area (Å²) in [4.78, 5) is 3.53. The third kappa shape index (κ3) is 3.09. The van der Waals surface area contributed by atoms with Gasteiger partial charge in [0.2, 0.25) is 5.29 Å². The maximum atomic E-state index is 8.65. The van der Waals surface area contributed by atoms with Crippen LogP contribution in [0.15, 0.2) is 16.3 Å². The molecule has 0 radical (unpaired) electrons. The van der Waals surface area contributed by atoms with Crippen molar-refractivity contribution in [2.45, 2.75) is 0 Å². The molecule has 0 amide bonds. The molecule has 0 aliphatic carbocycles. The number of rotatable bonds is 0. The molecule has 0 aromatic carbocycles. The Balaban J connectivity index is 0.000000810. The Labute approximate surface area is 89.7 Å². The minimum Gasteiger partial charge on any atom is -0.269 e. The van der Waals surface area contributed by atoms with E-state index in [9.17, 15) is 0 Å². The summed E-state index contributed by atoms with van der Waals surface area (Å²) in [6, 6.07) is 0. The van der Waals surface area contributed by atoms with Gasteiger partial charge in [-0.3, -0.25) is 5.21 Å². The van der Waals surface area contributed by atoms with Crippen LogP contribution in [0.4, 0.5) is 0 Å². The first-order valence-corrected chi connectivity index (χ1v) is 2.80. The molecule has 0 aromatic heterocycles. The van der Waals surface area contributed by atoms with Crippen LogP contribution in [-0.4, -0.2) is 15.7 Å².